The summed E-state index contributed by atoms with van der Waals surface area (Å²) in [4.78, 5) is 32.1. The van der Waals surface area contributed by atoms with Crippen molar-refractivity contribution in [1.82, 2.24) is 9.55 Å². The van der Waals surface area contributed by atoms with Gasteiger partial charge < -0.3 is 4.74 Å². The van der Waals surface area contributed by atoms with Crippen molar-refractivity contribution in [3.8, 4) is 11.4 Å². The van der Waals surface area contributed by atoms with Gasteiger partial charge in [0.1, 0.15) is 16.4 Å². The first-order valence-electron chi connectivity index (χ1n) is 9.32. The molecule has 0 bridgehead atoms. The summed E-state index contributed by atoms with van der Waals surface area (Å²) in [7, 11) is 1.59. The molecule has 5 nitrogen and oxygen atoms in total. The Balaban J connectivity index is 2.00. The third-order valence-electron chi connectivity index (χ3n) is 5.03. The summed E-state index contributed by atoms with van der Waals surface area (Å²) >= 11 is 2.92. The minimum atomic E-state index is -0.0763. The molecule has 1 atom stereocenters. The number of Topliss-reactive ketones (excluding diaryl/α,β-unsaturated/α-hetero) is 1. The van der Waals surface area contributed by atoms with Crippen molar-refractivity contribution in [1.29, 1.82) is 0 Å². The number of nitrogens with zero attached hydrogens (tertiary/aromatic N) is 2. The van der Waals surface area contributed by atoms with Gasteiger partial charge in [0, 0.05) is 4.88 Å². The number of ether oxygens (including phenoxy) is 1. The van der Waals surface area contributed by atoms with Gasteiger partial charge >= 0.3 is 0 Å². The molecule has 0 unspecified atom stereocenters. The monoisotopic (exact) mass is 414 g/mol. The van der Waals surface area contributed by atoms with Gasteiger partial charge in [-0.1, -0.05) is 30.8 Å². The average molecular weight is 415 g/mol. The second-order valence-corrected chi connectivity index (χ2v) is 9.26. The fourth-order valence-corrected chi connectivity index (χ4v) is 5.89. The van der Waals surface area contributed by atoms with Gasteiger partial charge in [0.05, 0.1) is 23.9 Å². The zero-order valence-corrected chi connectivity index (χ0v) is 17.8. The number of fused-ring (bicyclic) bond motifs is 3. The summed E-state index contributed by atoms with van der Waals surface area (Å²) in [6, 6.07) is 7.43. The quantitative estimate of drug-likeness (QED) is 0.461. The number of rotatable bonds is 5. The summed E-state index contributed by atoms with van der Waals surface area (Å²) < 4.78 is 7.11. The number of carbonyl (C=O) groups excluding carboxylic acids is 1. The van der Waals surface area contributed by atoms with Crippen molar-refractivity contribution < 1.29 is 9.53 Å². The Labute approximate surface area is 171 Å². The topological polar surface area (TPSA) is 61.2 Å². The van der Waals surface area contributed by atoms with E-state index in [0.29, 0.717) is 22.5 Å². The highest BCUT2D eigenvalue weighted by Gasteiger charge is 2.26. The maximum absolute atomic E-state index is 13.7. The fourth-order valence-electron chi connectivity index (χ4n) is 3.66. The Morgan fingerprint density at radius 2 is 2.18 bits per heavy atom. The minimum Gasteiger partial charge on any atom is -0.495 e. The number of benzene rings is 1. The molecule has 7 heteroatoms. The van der Waals surface area contributed by atoms with Crippen LogP contribution in [0.3, 0.4) is 0 Å². The molecule has 0 N–H and O–H groups in total. The minimum absolute atomic E-state index is 0.0465. The van der Waals surface area contributed by atoms with Crippen molar-refractivity contribution in [2.45, 2.75) is 38.3 Å². The van der Waals surface area contributed by atoms with E-state index in [2.05, 4.69) is 6.92 Å². The lowest BCUT2D eigenvalue weighted by Gasteiger charge is -2.18. The van der Waals surface area contributed by atoms with Crippen molar-refractivity contribution in [2.24, 2.45) is 5.92 Å². The largest absolute Gasteiger partial charge is 0.495 e. The number of methoxy groups -OCH3 is 1. The Kier molecular flexibility index (Phi) is 5.29. The van der Waals surface area contributed by atoms with Crippen LogP contribution in [0.2, 0.25) is 0 Å². The normalized spacial score (nSPS) is 16.2. The molecule has 28 heavy (non-hydrogen) atoms. The predicted octanol–water partition coefficient (Wildman–Crippen LogP) is 4.26. The number of thiophene rings is 1. The van der Waals surface area contributed by atoms with Gasteiger partial charge in [-0.25, -0.2) is 4.98 Å². The molecule has 1 aromatic carbocycles. The van der Waals surface area contributed by atoms with E-state index in [1.807, 2.05) is 24.3 Å². The van der Waals surface area contributed by atoms with Crippen LogP contribution in [0.25, 0.3) is 15.9 Å². The zero-order valence-electron chi connectivity index (χ0n) is 16.2. The molecule has 1 aliphatic carbocycles. The summed E-state index contributed by atoms with van der Waals surface area (Å²) in [5.41, 5.74) is 1.73. The lowest BCUT2D eigenvalue weighted by Crippen LogP contribution is -2.23. The van der Waals surface area contributed by atoms with Gasteiger partial charge in [0.2, 0.25) is 0 Å². The van der Waals surface area contributed by atoms with Crippen molar-refractivity contribution in [2.75, 3.05) is 12.9 Å². The highest BCUT2D eigenvalue weighted by Crippen LogP contribution is 2.37. The van der Waals surface area contributed by atoms with Crippen LogP contribution in [-0.2, 0) is 17.6 Å². The van der Waals surface area contributed by atoms with Crippen LogP contribution in [0.4, 0.5) is 0 Å². The molecule has 3 aromatic rings. The summed E-state index contributed by atoms with van der Waals surface area (Å²) in [6.07, 6.45) is 3.01. The van der Waals surface area contributed by atoms with Gasteiger partial charge in [0.25, 0.3) is 5.56 Å². The second-order valence-electron chi connectivity index (χ2n) is 7.23. The third-order valence-corrected chi connectivity index (χ3v) is 7.26. The van der Waals surface area contributed by atoms with E-state index in [-0.39, 0.29) is 17.1 Å². The predicted molar refractivity (Wildman–Crippen MR) is 114 cm³/mol. The first kappa shape index (κ1) is 19.2. The number of hydrogen-bond acceptors (Lipinski definition) is 6. The molecule has 0 fully saturated rings. The maximum atomic E-state index is 13.7. The van der Waals surface area contributed by atoms with Crippen LogP contribution in [0.1, 0.15) is 30.7 Å². The molecule has 0 radical (unpaired) electrons. The molecule has 0 saturated carbocycles. The van der Waals surface area contributed by atoms with E-state index in [9.17, 15) is 9.59 Å². The molecule has 2 heterocycles. The number of ketones is 1. The summed E-state index contributed by atoms with van der Waals surface area (Å²) in [5.74, 6) is 1.55. The van der Waals surface area contributed by atoms with Gasteiger partial charge in [-0.3, -0.25) is 14.2 Å². The number of thioether (sulfide) groups is 1. The molecule has 0 amide bonds. The lowest BCUT2D eigenvalue weighted by molar-refractivity contribution is -0.114. The number of carbonyl (C=O) groups is 1. The second kappa shape index (κ2) is 7.72. The van der Waals surface area contributed by atoms with Crippen LogP contribution in [0.5, 0.6) is 5.75 Å². The highest BCUT2D eigenvalue weighted by atomic mass is 32.2. The first-order chi connectivity index (χ1) is 13.5. The average Bonchev–Trinajstić information content (AvgIpc) is 3.03. The van der Waals surface area contributed by atoms with Crippen molar-refractivity contribution in [3.05, 3.63) is 45.1 Å². The van der Waals surface area contributed by atoms with Gasteiger partial charge in [-0.2, -0.15) is 0 Å². The zero-order chi connectivity index (χ0) is 19.8. The van der Waals surface area contributed by atoms with Gasteiger partial charge in [0.15, 0.2) is 5.16 Å². The number of para-hydroxylation sites is 2. The smallest absolute Gasteiger partial charge is 0.267 e. The van der Waals surface area contributed by atoms with Crippen LogP contribution in [-0.4, -0.2) is 28.2 Å². The Morgan fingerprint density at radius 1 is 1.39 bits per heavy atom. The molecule has 4 rings (SSSR count). The SMILES string of the molecule is COc1ccccc1-n1c(SCC(C)=O)nc2sc3c(c2c1=O)CC[C@H](C)C3. The summed E-state index contributed by atoms with van der Waals surface area (Å²) in [6.45, 7) is 3.80. The van der Waals surface area contributed by atoms with E-state index in [1.54, 1.807) is 29.9 Å². The molecule has 0 aliphatic heterocycles. The van der Waals surface area contributed by atoms with E-state index in [4.69, 9.17) is 9.72 Å². The first-order valence-corrected chi connectivity index (χ1v) is 11.1. The molecule has 1 aliphatic rings. The van der Waals surface area contributed by atoms with E-state index in [0.717, 1.165) is 35.0 Å². The molecular weight excluding hydrogens is 392 g/mol. The molecule has 2 aromatic heterocycles. The highest BCUT2D eigenvalue weighted by molar-refractivity contribution is 7.99. The third kappa shape index (κ3) is 3.37. The fraction of sp³-hybridized carbons (Fsp3) is 0.381. The van der Waals surface area contributed by atoms with Gasteiger partial charge in [-0.05, 0) is 49.8 Å². The van der Waals surface area contributed by atoms with Crippen molar-refractivity contribution in [3.63, 3.8) is 0 Å². The molecule has 0 saturated heterocycles. The van der Waals surface area contributed by atoms with Crippen LogP contribution in [0.15, 0.2) is 34.2 Å². The Morgan fingerprint density at radius 3 is 2.93 bits per heavy atom. The molecule has 0 spiro atoms. The van der Waals surface area contributed by atoms with E-state index < -0.39 is 0 Å². The Bertz CT molecular complexity index is 1120. The maximum Gasteiger partial charge on any atom is 0.267 e. The van der Waals surface area contributed by atoms with Crippen LogP contribution < -0.4 is 10.3 Å². The van der Waals surface area contributed by atoms with E-state index >= 15 is 0 Å². The number of hydrogen-bond donors (Lipinski definition) is 0. The Hall–Kier alpha value is -2.12. The number of aromatic nitrogens is 2. The van der Waals surface area contributed by atoms with Crippen LogP contribution in [0, 0.1) is 5.92 Å². The standard InChI is InChI=1S/C21H22N2O3S2/c1-12-8-9-14-17(10-12)28-19-18(14)20(25)23(21(22-19)27-11-13(2)24)15-6-4-5-7-16(15)26-3/h4-7,12H,8-11H2,1-3H3/t12-/m0/s1. The van der Waals surface area contributed by atoms with Crippen LogP contribution >= 0.6 is 23.1 Å². The molecular formula is C21H22N2O3S2. The molecule has 146 valence electrons. The lowest BCUT2D eigenvalue weighted by atomic mass is 9.89. The number of aryl methyl sites for hydroxylation is 1. The van der Waals surface area contributed by atoms with Crippen molar-refractivity contribution >= 4 is 39.1 Å². The van der Waals surface area contributed by atoms with Gasteiger partial charge in [-0.15, -0.1) is 11.3 Å². The van der Waals surface area contributed by atoms with E-state index in [1.165, 1.54) is 16.6 Å². The summed E-state index contributed by atoms with van der Waals surface area (Å²) in [5, 5.41) is 1.26.